The van der Waals surface area contributed by atoms with Crippen molar-refractivity contribution in [3.05, 3.63) is 54.1 Å². The Bertz CT molecular complexity index is 686. The van der Waals surface area contributed by atoms with Crippen LogP contribution in [0, 0.1) is 0 Å². The maximum atomic E-state index is 11.9. The van der Waals surface area contributed by atoms with Crippen LogP contribution in [0.5, 0.6) is 11.5 Å². The molecule has 0 aromatic heterocycles. The molecule has 0 spiro atoms. The summed E-state index contributed by atoms with van der Waals surface area (Å²) in [7, 11) is 1.60. The van der Waals surface area contributed by atoms with Crippen molar-refractivity contribution in [3.63, 3.8) is 0 Å². The molecule has 5 nitrogen and oxygen atoms in total. The average Bonchev–Trinajstić information content (AvgIpc) is 2.59. The number of hydrogen-bond acceptors (Lipinski definition) is 3. The van der Waals surface area contributed by atoms with E-state index in [4.69, 9.17) is 9.47 Å². The fourth-order valence-corrected chi connectivity index (χ4v) is 2.42. The number of nitrogens with one attached hydrogen (secondary N) is 2. The molecular formula is C20H26N2O3. The second-order valence-corrected chi connectivity index (χ2v) is 6.03. The first kappa shape index (κ1) is 18.6. The third kappa shape index (κ3) is 6.75. The fourth-order valence-electron chi connectivity index (χ4n) is 2.42. The number of carbonyl (C=O) groups excluding carboxylic acids is 1. The standard InChI is InChI=1S/C20H26N2O3/c1-15(2)25-19-11-4-7-16(13-19)8-6-12-21-20(23)22-17-9-5-10-18(14-17)24-3/h4-5,7,9-11,13-15H,6,8,12H2,1-3H3,(H2,21,22,23). The second kappa shape index (κ2) is 9.57. The smallest absolute Gasteiger partial charge is 0.319 e. The Morgan fingerprint density at radius 3 is 2.60 bits per heavy atom. The van der Waals surface area contributed by atoms with Crippen LogP contribution in [0.15, 0.2) is 48.5 Å². The maximum Gasteiger partial charge on any atom is 0.319 e. The molecule has 0 radical (unpaired) electrons. The molecule has 0 atom stereocenters. The molecule has 0 aliphatic heterocycles. The number of benzene rings is 2. The summed E-state index contributed by atoms with van der Waals surface area (Å²) in [6, 6.07) is 15.1. The summed E-state index contributed by atoms with van der Waals surface area (Å²) in [5.41, 5.74) is 1.91. The first-order valence-corrected chi connectivity index (χ1v) is 8.51. The van der Waals surface area contributed by atoms with Crippen LogP contribution in [0.25, 0.3) is 0 Å². The highest BCUT2D eigenvalue weighted by Crippen LogP contribution is 2.17. The molecule has 2 amide bonds. The minimum atomic E-state index is -0.217. The van der Waals surface area contributed by atoms with Crippen LogP contribution < -0.4 is 20.1 Å². The van der Waals surface area contributed by atoms with E-state index in [0.29, 0.717) is 18.0 Å². The molecule has 0 saturated heterocycles. The zero-order valence-corrected chi connectivity index (χ0v) is 15.0. The van der Waals surface area contributed by atoms with E-state index in [9.17, 15) is 4.79 Å². The van der Waals surface area contributed by atoms with Gasteiger partial charge in [0.2, 0.25) is 0 Å². The molecule has 5 heteroatoms. The zero-order valence-electron chi connectivity index (χ0n) is 15.0. The minimum Gasteiger partial charge on any atom is -0.497 e. The van der Waals surface area contributed by atoms with Gasteiger partial charge in [0, 0.05) is 18.3 Å². The highest BCUT2D eigenvalue weighted by Gasteiger charge is 2.03. The normalized spacial score (nSPS) is 10.4. The van der Waals surface area contributed by atoms with Gasteiger partial charge in [0.05, 0.1) is 13.2 Å². The molecular weight excluding hydrogens is 316 g/mol. The lowest BCUT2D eigenvalue weighted by Crippen LogP contribution is -2.29. The molecule has 0 bridgehead atoms. The summed E-state index contributed by atoms with van der Waals surface area (Å²) in [4.78, 5) is 11.9. The van der Waals surface area contributed by atoms with Gasteiger partial charge in [-0.2, -0.15) is 0 Å². The van der Waals surface area contributed by atoms with E-state index in [-0.39, 0.29) is 12.1 Å². The molecule has 0 aliphatic rings. The van der Waals surface area contributed by atoms with Gasteiger partial charge in [0.15, 0.2) is 0 Å². The molecule has 2 N–H and O–H groups in total. The third-order valence-electron chi connectivity index (χ3n) is 3.53. The summed E-state index contributed by atoms with van der Waals surface area (Å²) in [6.45, 7) is 4.63. The fraction of sp³-hybridized carbons (Fsp3) is 0.350. The number of rotatable bonds is 8. The molecule has 2 rings (SSSR count). The van der Waals surface area contributed by atoms with Crippen LogP contribution in [0.4, 0.5) is 10.5 Å². The number of amides is 2. The SMILES string of the molecule is COc1cccc(NC(=O)NCCCc2cccc(OC(C)C)c2)c1. The van der Waals surface area contributed by atoms with Gasteiger partial charge in [-0.1, -0.05) is 18.2 Å². The Morgan fingerprint density at radius 1 is 1.08 bits per heavy atom. The number of aryl methyl sites for hydroxylation is 1. The monoisotopic (exact) mass is 342 g/mol. The number of urea groups is 1. The van der Waals surface area contributed by atoms with E-state index in [1.165, 1.54) is 5.56 Å². The molecule has 0 fully saturated rings. The number of ether oxygens (including phenoxy) is 2. The predicted molar refractivity (Wildman–Crippen MR) is 101 cm³/mol. The van der Waals surface area contributed by atoms with Crippen molar-refractivity contribution in [2.45, 2.75) is 32.8 Å². The average molecular weight is 342 g/mol. The van der Waals surface area contributed by atoms with Gasteiger partial charge in [-0.15, -0.1) is 0 Å². The van der Waals surface area contributed by atoms with Crippen molar-refractivity contribution in [1.82, 2.24) is 5.32 Å². The lowest BCUT2D eigenvalue weighted by molar-refractivity contribution is 0.242. The third-order valence-corrected chi connectivity index (χ3v) is 3.53. The number of methoxy groups -OCH3 is 1. The largest absolute Gasteiger partial charge is 0.497 e. The van der Waals surface area contributed by atoms with E-state index >= 15 is 0 Å². The summed E-state index contributed by atoms with van der Waals surface area (Å²) in [5, 5.41) is 5.66. The molecule has 0 unspecified atom stereocenters. The second-order valence-electron chi connectivity index (χ2n) is 6.03. The van der Waals surface area contributed by atoms with Crippen molar-refractivity contribution in [2.24, 2.45) is 0 Å². The molecule has 134 valence electrons. The molecule has 0 saturated carbocycles. The topological polar surface area (TPSA) is 59.6 Å². The van der Waals surface area contributed by atoms with Crippen LogP contribution in [-0.4, -0.2) is 25.8 Å². The summed E-state index contributed by atoms with van der Waals surface area (Å²) >= 11 is 0. The van der Waals surface area contributed by atoms with Crippen LogP contribution >= 0.6 is 0 Å². The van der Waals surface area contributed by atoms with Crippen LogP contribution in [-0.2, 0) is 6.42 Å². The van der Waals surface area contributed by atoms with Crippen molar-refractivity contribution in [2.75, 3.05) is 19.0 Å². The van der Waals surface area contributed by atoms with E-state index in [1.807, 2.05) is 44.2 Å². The summed E-state index contributed by atoms with van der Waals surface area (Å²) < 4.78 is 10.8. The van der Waals surface area contributed by atoms with Crippen LogP contribution in [0.1, 0.15) is 25.8 Å². The van der Waals surface area contributed by atoms with Gasteiger partial charge in [0.1, 0.15) is 11.5 Å². The number of hydrogen-bond donors (Lipinski definition) is 2. The molecule has 0 aliphatic carbocycles. The van der Waals surface area contributed by atoms with E-state index in [0.717, 1.165) is 18.6 Å². The van der Waals surface area contributed by atoms with Crippen molar-refractivity contribution < 1.29 is 14.3 Å². The Hall–Kier alpha value is -2.69. The summed E-state index contributed by atoms with van der Waals surface area (Å²) in [6.07, 6.45) is 1.91. The first-order chi connectivity index (χ1) is 12.1. The van der Waals surface area contributed by atoms with Crippen molar-refractivity contribution >= 4 is 11.7 Å². The molecule has 25 heavy (non-hydrogen) atoms. The van der Waals surface area contributed by atoms with E-state index in [1.54, 1.807) is 13.2 Å². The van der Waals surface area contributed by atoms with Crippen LogP contribution in [0.3, 0.4) is 0 Å². The summed E-state index contributed by atoms with van der Waals surface area (Å²) in [5.74, 6) is 1.59. The molecule has 2 aromatic carbocycles. The Kier molecular flexibility index (Phi) is 7.14. The van der Waals surface area contributed by atoms with Gasteiger partial charge in [-0.25, -0.2) is 4.79 Å². The first-order valence-electron chi connectivity index (χ1n) is 8.51. The quantitative estimate of drug-likeness (QED) is 0.706. The Labute approximate surface area is 149 Å². The Morgan fingerprint density at radius 2 is 1.84 bits per heavy atom. The highest BCUT2D eigenvalue weighted by atomic mass is 16.5. The Balaban J connectivity index is 1.72. The van der Waals surface area contributed by atoms with Crippen LogP contribution in [0.2, 0.25) is 0 Å². The van der Waals surface area contributed by atoms with Crippen molar-refractivity contribution in [3.8, 4) is 11.5 Å². The van der Waals surface area contributed by atoms with Gasteiger partial charge in [-0.3, -0.25) is 0 Å². The van der Waals surface area contributed by atoms with E-state index < -0.39 is 0 Å². The molecule has 0 heterocycles. The lowest BCUT2D eigenvalue weighted by Gasteiger charge is -2.11. The van der Waals surface area contributed by atoms with Gasteiger partial charge in [0.25, 0.3) is 0 Å². The zero-order chi connectivity index (χ0) is 18.1. The van der Waals surface area contributed by atoms with Gasteiger partial charge >= 0.3 is 6.03 Å². The predicted octanol–water partition coefficient (Wildman–Crippen LogP) is 4.24. The number of anilines is 1. The van der Waals surface area contributed by atoms with Crippen molar-refractivity contribution in [1.29, 1.82) is 0 Å². The van der Waals surface area contributed by atoms with E-state index in [2.05, 4.69) is 22.8 Å². The molecule has 2 aromatic rings. The highest BCUT2D eigenvalue weighted by molar-refractivity contribution is 5.89. The van der Waals surface area contributed by atoms with Gasteiger partial charge < -0.3 is 20.1 Å². The number of carbonyl (C=O) groups is 1. The maximum absolute atomic E-state index is 11.9. The lowest BCUT2D eigenvalue weighted by atomic mass is 10.1. The van der Waals surface area contributed by atoms with Gasteiger partial charge in [-0.05, 0) is 56.5 Å². The minimum absolute atomic E-state index is 0.164.